The molecule has 8 heavy (non-hydrogen) atoms. The average molecular weight is 115 g/mol. The molecule has 0 aliphatic rings. The van der Waals surface area contributed by atoms with Gasteiger partial charge in [0, 0.05) is 0 Å². The van der Waals surface area contributed by atoms with Crippen molar-refractivity contribution in [1.82, 2.24) is 0 Å². The van der Waals surface area contributed by atoms with Gasteiger partial charge in [-0.1, -0.05) is 0 Å². The number of carbonyl (C=O) groups is 1. The summed E-state index contributed by atoms with van der Waals surface area (Å²) in [5, 5.41) is 9.67. The molecule has 0 aliphatic heterocycles. The van der Waals surface area contributed by atoms with Crippen molar-refractivity contribution in [3.05, 3.63) is 21.9 Å². The van der Waals surface area contributed by atoms with E-state index in [9.17, 15) is 14.9 Å². The van der Waals surface area contributed by atoms with E-state index in [4.69, 9.17) is 0 Å². The molecule has 0 amide bonds. The van der Waals surface area contributed by atoms with Crippen molar-refractivity contribution in [1.29, 1.82) is 0 Å². The van der Waals surface area contributed by atoms with E-state index in [0.29, 0.717) is 0 Å². The molecule has 0 radical (unpaired) electrons. The van der Waals surface area contributed by atoms with Crippen LogP contribution in [0.3, 0.4) is 0 Å². The Morgan fingerprint density at radius 2 is 2.25 bits per heavy atom. The lowest BCUT2D eigenvalue weighted by atomic mass is 10.5. The Bertz CT molecular complexity index is 138. The molecule has 44 valence electrons. The number of aldehydes is 1. The molecule has 0 spiro atoms. The zero-order chi connectivity index (χ0) is 6.57. The smallest absolute Gasteiger partial charge is 0.291 e. The first kappa shape index (κ1) is 6.81. The van der Waals surface area contributed by atoms with Gasteiger partial charge in [0.15, 0.2) is 0 Å². The third-order valence-electron chi connectivity index (χ3n) is 0.627. The fourth-order valence-electron chi connectivity index (χ4n) is 0.216. The maximum Gasteiger partial charge on any atom is 0.304 e. The van der Waals surface area contributed by atoms with Crippen LogP contribution >= 0.6 is 0 Å². The molecule has 0 aromatic rings. The van der Waals surface area contributed by atoms with Gasteiger partial charge in [-0.2, -0.15) is 0 Å². The lowest BCUT2D eigenvalue weighted by Gasteiger charge is -1.80. The highest BCUT2D eigenvalue weighted by atomic mass is 16.6. The Kier molecular flexibility index (Phi) is 2.47. The van der Waals surface area contributed by atoms with Crippen LogP contribution in [-0.4, -0.2) is 11.2 Å². The van der Waals surface area contributed by atoms with Crippen molar-refractivity contribution >= 4 is 6.29 Å². The highest BCUT2D eigenvalue weighted by Gasteiger charge is 2.03. The molecule has 0 aromatic heterocycles. The second kappa shape index (κ2) is 2.90. The van der Waals surface area contributed by atoms with E-state index in [1.165, 1.54) is 6.92 Å². The third-order valence-corrected chi connectivity index (χ3v) is 0.627. The van der Waals surface area contributed by atoms with Crippen LogP contribution in [0, 0.1) is 10.1 Å². The standard InChI is InChI=1S/C4H5NO3/c1-2-4(3-6)5(7)8/h2-3H,1H3. The van der Waals surface area contributed by atoms with Crippen molar-refractivity contribution in [3.63, 3.8) is 0 Å². The third kappa shape index (κ3) is 1.51. The van der Waals surface area contributed by atoms with E-state index in [1.54, 1.807) is 0 Å². The van der Waals surface area contributed by atoms with Gasteiger partial charge >= 0.3 is 5.70 Å². The van der Waals surface area contributed by atoms with Gasteiger partial charge in [0.1, 0.15) is 0 Å². The Morgan fingerprint density at radius 3 is 2.25 bits per heavy atom. The molecule has 0 saturated heterocycles. The Morgan fingerprint density at radius 1 is 1.75 bits per heavy atom. The lowest BCUT2D eigenvalue weighted by molar-refractivity contribution is -0.417. The van der Waals surface area contributed by atoms with Crippen LogP contribution in [0.25, 0.3) is 0 Å². The molecule has 4 nitrogen and oxygen atoms in total. The van der Waals surface area contributed by atoms with Crippen molar-refractivity contribution in [2.45, 2.75) is 6.92 Å². The number of hydrogen-bond donors (Lipinski definition) is 0. The Hall–Kier alpha value is -1.19. The molecule has 0 bridgehead atoms. The molecule has 4 heteroatoms. The van der Waals surface area contributed by atoms with E-state index in [0.717, 1.165) is 6.08 Å². The van der Waals surface area contributed by atoms with Gasteiger partial charge in [0.25, 0.3) is 0 Å². The summed E-state index contributed by atoms with van der Waals surface area (Å²) in [6, 6.07) is 0. The molecule has 0 atom stereocenters. The molecular formula is C4H5NO3. The summed E-state index contributed by atoms with van der Waals surface area (Å²) >= 11 is 0. The Balaban J connectivity index is 4.13. The minimum atomic E-state index is -0.729. The van der Waals surface area contributed by atoms with E-state index in [2.05, 4.69) is 0 Å². The lowest BCUT2D eigenvalue weighted by Crippen LogP contribution is -1.97. The number of allylic oxidation sites excluding steroid dienone is 2. The van der Waals surface area contributed by atoms with E-state index < -0.39 is 10.6 Å². The van der Waals surface area contributed by atoms with Crippen LogP contribution in [0.5, 0.6) is 0 Å². The summed E-state index contributed by atoms with van der Waals surface area (Å²) in [6.45, 7) is 1.44. The minimum Gasteiger partial charge on any atom is -0.291 e. The Labute approximate surface area is 46.0 Å². The number of nitro groups is 1. The largest absolute Gasteiger partial charge is 0.304 e. The summed E-state index contributed by atoms with van der Waals surface area (Å²) in [5.41, 5.74) is -0.398. The monoisotopic (exact) mass is 115 g/mol. The van der Waals surface area contributed by atoms with E-state index in [1.807, 2.05) is 0 Å². The van der Waals surface area contributed by atoms with Crippen LogP contribution in [-0.2, 0) is 4.79 Å². The van der Waals surface area contributed by atoms with Crippen molar-refractivity contribution < 1.29 is 9.72 Å². The highest BCUT2D eigenvalue weighted by molar-refractivity contribution is 5.69. The second-order valence-corrected chi connectivity index (χ2v) is 1.09. The van der Waals surface area contributed by atoms with Gasteiger partial charge in [0.05, 0.1) is 4.92 Å². The number of rotatable bonds is 2. The van der Waals surface area contributed by atoms with Crippen LogP contribution in [0.2, 0.25) is 0 Å². The summed E-state index contributed by atoms with van der Waals surface area (Å²) in [7, 11) is 0. The molecule has 0 saturated carbocycles. The van der Waals surface area contributed by atoms with E-state index >= 15 is 0 Å². The van der Waals surface area contributed by atoms with Crippen LogP contribution in [0.1, 0.15) is 6.92 Å². The van der Waals surface area contributed by atoms with Crippen LogP contribution < -0.4 is 0 Å². The van der Waals surface area contributed by atoms with Gasteiger partial charge in [-0.05, 0) is 13.0 Å². The predicted molar refractivity (Wildman–Crippen MR) is 26.8 cm³/mol. The first-order valence-corrected chi connectivity index (χ1v) is 1.98. The zero-order valence-electron chi connectivity index (χ0n) is 4.33. The summed E-state index contributed by atoms with van der Waals surface area (Å²) in [6.07, 6.45) is 1.35. The molecule has 0 rings (SSSR count). The quantitative estimate of drug-likeness (QED) is 0.226. The van der Waals surface area contributed by atoms with Gasteiger partial charge in [0.2, 0.25) is 6.29 Å². The minimum absolute atomic E-state index is 0.208. The van der Waals surface area contributed by atoms with Crippen LogP contribution in [0.4, 0.5) is 0 Å². The van der Waals surface area contributed by atoms with Gasteiger partial charge in [-0.15, -0.1) is 0 Å². The number of hydrogen-bond acceptors (Lipinski definition) is 3. The van der Waals surface area contributed by atoms with Crippen LogP contribution in [0.15, 0.2) is 11.8 Å². The molecule has 0 N–H and O–H groups in total. The summed E-state index contributed by atoms with van der Waals surface area (Å²) in [4.78, 5) is 18.6. The predicted octanol–water partition coefficient (Wildman–Crippen LogP) is 0.366. The normalized spacial score (nSPS) is 10.9. The van der Waals surface area contributed by atoms with Gasteiger partial charge in [-0.25, -0.2) is 0 Å². The molecule has 0 heterocycles. The molecule has 0 unspecified atom stereocenters. The van der Waals surface area contributed by atoms with Crippen molar-refractivity contribution in [2.75, 3.05) is 0 Å². The maximum absolute atomic E-state index is 9.67. The van der Waals surface area contributed by atoms with E-state index in [-0.39, 0.29) is 6.29 Å². The van der Waals surface area contributed by atoms with Gasteiger partial charge < -0.3 is 0 Å². The zero-order valence-corrected chi connectivity index (χ0v) is 4.33. The fraction of sp³-hybridized carbons (Fsp3) is 0.250. The number of nitrogens with zero attached hydrogens (tertiary/aromatic N) is 1. The fourth-order valence-corrected chi connectivity index (χ4v) is 0.216. The SMILES string of the molecule is CC=C(C=O)[N+](=O)[O-]. The second-order valence-electron chi connectivity index (χ2n) is 1.09. The first-order chi connectivity index (χ1) is 3.72. The van der Waals surface area contributed by atoms with Gasteiger partial charge in [-0.3, -0.25) is 14.9 Å². The highest BCUT2D eigenvalue weighted by Crippen LogP contribution is 1.86. The molecule has 0 aromatic carbocycles. The molecule has 0 fully saturated rings. The maximum atomic E-state index is 9.67. The van der Waals surface area contributed by atoms with Crippen molar-refractivity contribution in [3.8, 4) is 0 Å². The first-order valence-electron chi connectivity index (χ1n) is 1.98. The van der Waals surface area contributed by atoms with Crippen molar-refractivity contribution in [2.24, 2.45) is 0 Å². The summed E-state index contributed by atoms with van der Waals surface area (Å²) < 4.78 is 0. The average Bonchev–Trinajstić information content (AvgIpc) is 1.69. The molecule has 0 aliphatic carbocycles. The summed E-state index contributed by atoms with van der Waals surface area (Å²) in [5.74, 6) is 0. The topological polar surface area (TPSA) is 60.2 Å². The molecular weight excluding hydrogens is 110 g/mol. The number of carbonyl (C=O) groups excluding carboxylic acids is 1.